The standard InChI is InChI=1S/C30H35N3O4/c34-20-9-21-36-27-17-15-26(16-18-27)28-32-30(23-37-28,22-25-13-5-2-6-14-25)29(35)33-31-19-8-7-12-24-10-3-1-4-11-24/h1-6,10-11,13-18,31,34H,7-9,12,19-23H2,(H,33,35)/t30-/m0/s1. The highest BCUT2D eigenvalue weighted by Crippen LogP contribution is 2.27. The lowest BCUT2D eigenvalue weighted by Gasteiger charge is -2.23. The number of carbonyl (C=O) groups excluding carboxylic acids is 1. The van der Waals surface area contributed by atoms with Gasteiger partial charge < -0.3 is 14.6 Å². The van der Waals surface area contributed by atoms with Crippen molar-refractivity contribution in [2.24, 2.45) is 4.99 Å². The fourth-order valence-corrected chi connectivity index (χ4v) is 4.21. The predicted octanol–water partition coefficient (Wildman–Crippen LogP) is 3.85. The van der Waals surface area contributed by atoms with Gasteiger partial charge in [0.15, 0.2) is 5.54 Å². The van der Waals surface area contributed by atoms with Gasteiger partial charge in [0.2, 0.25) is 5.90 Å². The van der Waals surface area contributed by atoms with Crippen molar-refractivity contribution >= 4 is 11.8 Å². The molecule has 0 aromatic heterocycles. The second-order valence-corrected chi connectivity index (χ2v) is 9.17. The van der Waals surface area contributed by atoms with E-state index in [9.17, 15) is 4.79 Å². The molecule has 0 unspecified atom stereocenters. The number of hydrogen-bond donors (Lipinski definition) is 3. The molecule has 0 fully saturated rings. The van der Waals surface area contributed by atoms with Crippen molar-refractivity contribution in [2.75, 3.05) is 26.4 Å². The van der Waals surface area contributed by atoms with Crippen molar-refractivity contribution in [2.45, 2.75) is 37.6 Å². The zero-order chi connectivity index (χ0) is 25.8. The normalized spacial score (nSPS) is 16.6. The quantitative estimate of drug-likeness (QED) is 0.231. The van der Waals surface area contributed by atoms with E-state index in [0.29, 0.717) is 37.6 Å². The van der Waals surface area contributed by atoms with Gasteiger partial charge in [-0.15, -0.1) is 0 Å². The Morgan fingerprint density at radius 1 is 0.919 bits per heavy atom. The summed E-state index contributed by atoms with van der Waals surface area (Å²) in [7, 11) is 0. The zero-order valence-corrected chi connectivity index (χ0v) is 21.1. The van der Waals surface area contributed by atoms with Crippen LogP contribution in [0.25, 0.3) is 0 Å². The first-order valence-electron chi connectivity index (χ1n) is 12.9. The Morgan fingerprint density at radius 2 is 1.62 bits per heavy atom. The van der Waals surface area contributed by atoms with E-state index in [-0.39, 0.29) is 19.1 Å². The molecule has 3 N–H and O–H groups in total. The summed E-state index contributed by atoms with van der Waals surface area (Å²) >= 11 is 0. The summed E-state index contributed by atoms with van der Waals surface area (Å²) in [5.74, 6) is 0.940. The lowest BCUT2D eigenvalue weighted by Crippen LogP contribution is -2.53. The third-order valence-corrected chi connectivity index (χ3v) is 6.26. The largest absolute Gasteiger partial charge is 0.494 e. The van der Waals surface area contributed by atoms with Crippen LogP contribution in [0.2, 0.25) is 0 Å². The van der Waals surface area contributed by atoms with Gasteiger partial charge in [-0.3, -0.25) is 10.2 Å². The molecule has 0 saturated carbocycles. The number of hydrazine groups is 1. The van der Waals surface area contributed by atoms with Gasteiger partial charge in [0.1, 0.15) is 12.4 Å². The van der Waals surface area contributed by atoms with Crippen LogP contribution in [-0.4, -0.2) is 48.8 Å². The predicted molar refractivity (Wildman–Crippen MR) is 145 cm³/mol. The van der Waals surface area contributed by atoms with Crippen molar-refractivity contribution < 1.29 is 19.4 Å². The molecule has 1 aliphatic heterocycles. The Kier molecular flexibility index (Phi) is 9.68. The number of aliphatic hydroxyl groups excluding tert-OH is 1. The van der Waals surface area contributed by atoms with Gasteiger partial charge in [0.25, 0.3) is 5.91 Å². The second-order valence-electron chi connectivity index (χ2n) is 9.17. The lowest BCUT2D eigenvalue weighted by molar-refractivity contribution is -0.127. The number of aliphatic imine (C=N–C) groups is 1. The van der Waals surface area contributed by atoms with E-state index >= 15 is 0 Å². The number of nitrogens with one attached hydrogen (secondary N) is 2. The maximum atomic E-state index is 13.4. The molecule has 4 rings (SSSR count). The third-order valence-electron chi connectivity index (χ3n) is 6.26. The molecule has 7 heteroatoms. The van der Waals surface area contributed by atoms with E-state index in [0.717, 1.165) is 30.4 Å². The molecule has 0 bridgehead atoms. The Balaban J connectivity index is 1.37. The number of amides is 1. The molecule has 0 spiro atoms. The Bertz CT molecular complexity index is 1140. The van der Waals surface area contributed by atoms with Crippen molar-refractivity contribution in [3.63, 3.8) is 0 Å². The van der Waals surface area contributed by atoms with E-state index in [1.54, 1.807) is 0 Å². The average molecular weight is 502 g/mol. The molecule has 1 aliphatic rings. The summed E-state index contributed by atoms with van der Waals surface area (Å²) in [6.45, 7) is 1.38. The zero-order valence-electron chi connectivity index (χ0n) is 21.1. The van der Waals surface area contributed by atoms with Crippen LogP contribution < -0.4 is 15.6 Å². The van der Waals surface area contributed by atoms with Gasteiger partial charge in [0, 0.05) is 31.6 Å². The van der Waals surface area contributed by atoms with Gasteiger partial charge >= 0.3 is 0 Å². The number of rotatable bonds is 14. The Morgan fingerprint density at radius 3 is 2.32 bits per heavy atom. The number of aliphatic hydroxyl groups is 1. The van der Waals surface area contributed by atoms with Crippen LogP contribution in [-0.2, 0) is 22.4 Å². The maximum Gasteiger partial charge on any atom is 0.266 e. The van der Waals surface area contributed by atoms with Crippen LogP contribution in [0, 0.1) is 0 Å². The number of ether oxygens (including phenoxy) is 2. The third kappa shape index (κ3) is 7.65. The Hall–Kier alpha value is -3.68. The SMILES string of the molecule is O=C(NNCCCCc1ccccc1)[C@]1(Cc2ccccc2)COC(c2ccc(OCCCO)cc2)=N1. The number of benzene rings is 3. The molecule has 1 atom stereocenters. The minimum Gasteiger partial charge on any atom is -0.494 e. The van der Waals surface area contributed by atoms with Gasteiger partial charge in [0.05, 0.1) is 6.61 Å². The van der Waals surface area contributed by atoms with Gasteiger partial charge in [-0.1, -0.05) is 60.7 Å². The molecule has 0 saturated heterocycles. The van der Waals surface area contributed by atoms with Crippen molar-refractivity contribution in [3.05, 3.63) is 102 Å². The van der Waals surface area contributed by atoms with Crippen molar-refractivity contribution in [1.82, 2.24) is 10.9 Å². The van der Waals surface area contributed by atoms with Gasteiger partial charge in [-0.25, -0.2) is 10.4 Å². The first-order chi connectivity index (χ1) is 18.2. The van der Waals surface area contributed by atoms with E-state index < -0.39 is 5.54 Å². The van der Waals surface area contributed by atoms with Crippen molar-refractivity contribution in [3.8, 4) is 5.75 Å². The molecular formula is C30H35N3O4. The first kappa shape index (κ1) is 26.4. The monoisotopic (exact) mass is 501 g/mol. The Labute approximate surface area is 218 Å². The average Bonchev–Trinajstić information content (AvgIpc) is 3.37. The van der Waals surface area contributed by atoms with Crippen LogP contribution in [0.5, 0.6) is 5.75 Å². The fraction of sp³-hybridized carbons (Fsp3) is 0.333. The van der Waals surface area contributed by atoms with Crippen LogP contribution in [0.3, 0.4) is 0 Å². The molecule has 0 radical (unpaired) electrons. The highest BCUT2D eigenvalue weighted by Gasteiger charge is 2.44. The topological polar surface area (TPSA) is 92.2 Å². The first-order valence-corrected chi connectivity index (χ1v) is 12.9. The molecule has 1 amide bonds. The summed E-state index contributed by atoms with van der Waals surface area (Å²) in [6.07, 6.45) is 4.00. The van der Waals surface area contributed by atoms with E-state index in [2.05, 4.69) is 35.1 Å². The minimum atomic E-state index is -1.07. The summed E-state index contributed by atoms with van der Waals surface area (Å²) in [5, 5.41) is 8.92. The molecule has 1 heterocycles. The number of aryl methyl sites for hydroxylation is 1. The van der Waals surface area contributed by atoms with Crippen LogP contribution >= 0.6 is 0 Å². The fourth-order valence-electron chi connectivity index (χ4n) is 4.21. The highest BCUT2D eigenvalue weighted by atomic mass is 16.5. The highest BCUT2D eigenvalue weighted by molar-refractivity contribution is 6.00. The molecule has 7 nitrogen and oxygen atoms in total. The van der Waals surface area contributed by atoms with E-state index in [1.165, 1.54) is 5.56 Å². The molecular weight excluding hydrogens is 466 g/mol. The van der Waals surface area contributed by atoms with Crippen LogP contribution in [0.4, 0.5) is 0 Å². The van der Waals surface area contributed by atoms with Gasteiger partial charge in [-0.2, -0.15) is 0 Å². The minimum absolute atomic E-state index is 0.0941. The smallest absolute Gasteiger partial charge is 0.266 e. The van der Waals surface area contributed by atoms with Crippen molar-refractivity contribution in [1.29, 1.82) is 0 Å². The van der Waals surface area contributed by atoms with E-state index in [4.69, 9.17) is 19.6 Å². The lowest BCUT2D eigenvalue weighted by atomic mass is 9.91. The maximum absolute atomic E-state index is 13.4. The van der Waals surface area contributed by atoms with Crippen LogP contribution in [0.1, 0.15) is 36.0 Å². The summed E-state index contributed by atoms with van der Waals surface area (Å²) in [4.78, 5) is 18.2. The number of unbranched alkanes of at least 4 members (excludes halogenated alkanes) is 1. The molecule has 194 valence electrons. The number of carbonyl (C=O) groups is 1. The van der Waals surface area contributed by atoms with Gasteiger partial charge in [-0.05, 0) is 54.7 Å². The molecule has 3 aromatic carbocycles. The molecule has 3 aromatic rings. The molecule has 37 heavy (non-hydrogen) atoms. The summed E-state index contributed by atoms with van der Waals surface area (Å²) in [6, 6.07) is 27.7. The van der Waals surface area contributed by atoms with E-state index in [1.807, 2.05) is 60.7 Å². The summed E-state index contributed by atoms with van der Waals surface area (Å²) in [5.41, 5.74) is 8.02. The summed E-state index contributed by atoms with van der Waals surface area (Å²) < 4.78 is 11.6. The molecule has 0 aliphatic carbocycles. The van der Waals surface area contributed by atoms with Crippen LogP contribution in [0.15, 0.2) is 89.9 Å². The number of nitrogens with zero attached hydrogens (tertiary/aromatic N) is 1. The second kappa shape index (κ2) is 13.6. The number of hydrogen-bond acceptors (Lipinski definition) is 6.